The SMILES string of the molecule is O=C1SC(=Cc2ccccn2)C(=O)N1Cc1ccccc1F. The Labute approximate surface area is 130 Å². The number of benzene rings is 1. The number of imide groups is 1. The number of aromatic nitrogens is 1. The van der Waals surface area contributed by atoms with Gasteiger partial charge in [0, 0.05) is 11.8 Å². The molecule has 1 saturated heterocycles. The van der Waals surface area contributed by atoms with Gasteiger partial charge in [0.25, 0.3) is 11.1 Å². The molecule has 0 saturated carbocycles. The Morgan fingerprint density at radius 3 is 2.64 bits per heavy atom. The third-order valence-corrected chi connectivity index (χ3v) is 4.03. The maximum absolute atomic E-state index is 13.7. The highest BCUT2D eigenvalue weighted by Gasteiger charge is 2.35. The molecule has 1 fully saturated rings. The number of carbonyl (C=O) groups is 2. The zero-order valence-electron chi connectivity index (χ0n) is 11.4. The molecule has 1 aliphatic heterocycles. The van der Waals surface area contributed by atoms with Crippen molar-refractivity contribution < 1.29 is 14.0 Å². The van der Waals surface area contributed by atoms with Crippen molar-refractivity contribution in [3.63, 3.8) is 0 Å². The lowest BCUT2D eigenvalue weighted by molar-refractivity contribution is -0.123. The van der Waals surface area contributed by atoms with Gasteiger partial charge in [-0.25, -0.2) is 4.39 Å². The number of rotatable bonds is 3. The molecule has 1 aliphatic rings. The fraction of sp³-hybridized carbons (Fsp3) is 0.0625. The zero-order valence-corrected chi connectivity index (χ0v) is 12.2. The van der Waals surface area contributed by atoms with Gasteiger partial charge in [-0.1, -0.05) is 24.3 Å². The molecule has 4 nitrogen and oxygen atoms in total. The molecule has 0 radical (unpaired) electrons. The van der Waals surface area contributed by atoms with E-state index in [9.17, 15) is 14.0 Å². The highest BCUT2D eigenvalue weighted by Crippen LogP contribution is 2.33. The minimum Gasteiger partial charge on any atom is -0.268 e. The minimum absolute atomic E-state index is 0.0725. The quantitative estimate of drug-likeness (QED) is 0.814. The van der Waals surface area contributed by atoms with Gasteiger partial charge in [-0.15, -0.1) is 0 Å². The Kier molecular flexibility index (Phi) is 4.02. The smallest absolute Gasteiger partial charge is 0.268 e. The summed E-state index contributed by atoms with van der Waals surface area (Å²) in [6.07, 6.45) is 3.17. The second-order valence-corrected chi connectivity index (χ2v) is 5.61. The highest BCUT2D eigenvalue weighted by molar-refractivity contribution is 8.18. The number of halogens is 1. The largest absolute Gasteiger partial charge is 0.293 e. The summed E-state index contributed by atoms with van der Waals surface area (Å²) < 4.78 is 13.7. The average molecular weight is 314 g/mol. The van der Waals surface area contributed by atoms with Crippen LogP contribution in [0.4, 0.5) is 9.18 Å². The van der Waals surface area contributed by atoms with Gasteiger partial charge in [0.2, 0.25) is 0 Å². The summed E-state index contributed by atoms with van der Waals surface area (Å²) in [4.78, 5) is 29.7. The Bertz CT molecular complexity index is 762. The van der Waals surface area contributed by atoms with E-state index in [4.69, 9.17) is 0 Å². The monoisotopic (exact) mass is 314 g/mol. The van der Waals surface area contributed by atoms with Gasteiger partial charge in [0.05, 0.1) is 17.1 Å². The molecule has 22 heavy (non-hydrogen) atoms. The molecule has 3 rings (SSSR count). The Morgan fingerprint density at radius 2 is 1.91 bits per heavy atom. The molecule has 2 amide bonds. The predicted octanol–water partition coefficient (Wildman–Crippen LogP) is 3.46. The molecule has 0 aliphatic carbocycles. The Morgan fingerprint density at radius 1 is 1.14 bits per heavy atom. The predicted molar refractivity (Wildman–Crippen MR) is 82.2 cm³/mol. The molecule has 0 unspecified atom stereocenters. The van der Waals surface area contributed by atoms with Gasteiger partial charge in [-0.2, -0.15) is 0 Å². The van der Waals surface area contributed by atoms with Crippen molar-refractivity contribution >= 4 is 29.0 Å². The molecule has 110 valence electrons. The lowest BCUT2D eigenvalue weighted by atomic mass is 10.2. The average Bonchev–Trinajstić information content (AvgIpc) is 2.78. The fourth-order valence-corrected chi connectivity index (χ4v) is 2.85. The second kappa shape index (κ2) is 6.11. The molecule has 0 spiro atoms. The van der Waals surface area contributed by atoms with Gasteiger partial charge >= 0.3 is 0 Å². The van der Waals surface area contributed by atoms with Crippen LogP contribution in [0.5, 0.6) is 0 Å². The maximum atomic E-state index is 13.7. The van der Waals surface area contributed by atoms with Crippen LogP contribution in [0.15, 0.2) is 53.6 Å². The van der Waals surface area contributed by atoms with Crippen LogP contribution in [0.2, 0.25) is 0 Å². The van der Waals surface area contributed by atoms with Crippen molar-refractivity contribution in [1.82, 2.24) is 9.88 Å². The molecule has 0 atom stereocenters. The van der Waals surface area contributed by atoms with E-state index in [0.29, 0.717) is 16.2 Å². The van der Waals surface area contributed by atoms with E-state index >= 15 is 0 Å². The third-order valence-electron chi connectivity index (χ3n) is 3.13. The Hall–Kier alpha value is -2.47. The minimum atomic E-state index is -0.435. The van der Waals surface area contributed by atoms with E-state index < -0.39 is 17.0 Å². The van der Waals surface area contributed by atoms with Gasteiger partial charge in [0.15, 0.2) is 0 Å². The Balaban J connectivity index is 1.83. The summed E-state index contributed by atoms with van der Waals surface area (Å²) in [7, 11) is 0. The van der Waals surface area contributed by atoms with Gasteiger partial charge < -0.3 is 0 Å². The van der Waals surface area contributed by atoms with Crippen molar-refractivity contribution in [2.75, 3.05) is 0 Å². The first-order valence-corrected chi connectivity index (χ1v) is 7.36. The third kappa shape index (κ3) is 2.92. The van der Waals surface area contributed by atoms with Gasteiger partial charge in [0.1, 0.15) is 5.82 Å². The van der Waals surface area contributed by atoms with Crippen LogP contribution < -0.4 is 0 Å². The summed E-state index contributed by atoms with van der Waals surface area (Å²) in [5, 5.41) is -0.407. The lowest BCUT2D eigenvalue weighted by Gasteiger charge is -2.12. The molecule has 0 N–H and O–H groups in total. The number of amides is 2. The van der Waals surface area contributed by atoms with Crippen molar-refractivity contribution in [3.05, 3.63) is 70.6 Å². The van der Waals surface area contributed by atoms with Crippen LogP contribution in [0.3, 0.4) is 0 Å². The van der Waals surface area contributed by atoms with Crippen LogP contribution in [0, 0.1) is 5.82 Å². The van der Waals surface area contributed by atoms with Crippen LogP contribution in [-0.4, -0.2) is 21.0 Å². The topological polar surface area (TPSA) is 50.3 Å². The second-order valence-electron chi connectivity index (χ2n) is 4.61. The summed E-state index contributed by atoms with van der Waals surface area (Å²) in [6.45, 7) is -0.0725. The molecule has 1 aromatic carbocycles. The first kappa shape index (κ1) is 14.5. The van der Waals surface area contributed by atoms with Crippen LogP contribution in [0.1, 0.15) is 11.3 Å². The summed E-state index contributed by atoms with van der Waals surface area (Å²) >= 11 is 0.838. The maximum Gasteiger partial charge on any atom is 0.293 e. The number of carbonyl (C=O) groups excluding carboxylic acids is 2. The molecule has 2 aromatic rings. The lowest BCUT2D eigenvalue weighted by Crippen LogP contribution is -2.27. The summed E-state index contributed by atoms with van der Waals surface area (Å²) in [6, 6.07) is 11.4. The first-order valence-electron chi connectivity index (χ1n) is 6.55. The molecular weight excluding hydrogens is 303 g/mol. The van der Waals surface area contributed by atoms with Crippen LogP contribution in [0.25, 0.3) is 6.08 Å². The van der Waals surface area contributed by atoms with E-state index in [-0.39, 0.29) is 6.54 Å². The number of hydrogen-bond acceptors (Lipinski definition) is 4. The zero-order chi connectivity index (χ0) is 15.5. The summed E-state index contributed by atoms with van der Waals surface area (Å²) in [5.41, 5.74) is 0.905. The molecular formula is C16H11FN2O2S. The molecule has 2 heterocycles. The molecule has 1 aromatic heterocycles. The van der Waals surface area contributed by atoms with Gasteiger partial charge in [-0.3, -0.25) is 19.5 Å². The molecule has 6 heteroatoms. The highest BCUT2D eigenvalue weighted by atomic mass is 32.2. The first-order chi connectivity index (χ1) is 10.6. The standard InChI is InChI=1S/C16H11FN2O2S/c17-13-7-2-1-5-11(13)10-19-15(20)14(22-16(19)21)9-12-6-3-4-8-18-12/h1-9H,10H2. The van der Waals surface area contributed by atoms with E-state index in [2.05, 4.69) is 4.98 Å². The normalized spacial score (nSPS) is 16.6. The van der Waals surface area contributed by atoms with E-state index in [1.165, 1.54) is 6.07 Å². The number of pyridine rings is 1. The number of hydrogen-bond donors (Lipinski definition) is 0. The van der Waals surface area contributed by atoms with Crippen molar-refractivity contribution in [2.45, 2.75) is 6.54 Å². The van der Waals surface area contributed by atoms with Crippen molar-refractivity contribution in [1.29, 1.82) is 0 Å². The van der Waals surface area contributed by atoms with Crippen LogP contribution >= 0.6 is 11.8 Å². The number of nitrogens with zero attached hydrogens (tertiary/aromatic N) is 2. The fourth-order valence-electron chi connectivity index (χ4n) is 2.03. The van der Waals surface area contributed by atoms with Crippen molar-refractivity contribution in [3.8, 4) is 0 Å². The van der Waals surface area contributed by atoms with E-state index in [1.54, 1.807) is 48.7 Å². The number of thioether (sulfide) groups is 1. The summed E-state index contributed by atoms with van der Waals surface area (Å²) in [5.74, 6) is -0.862. The van der Waals surface area contributed by atoms with Crippen molar-refractivity contribution in [2.24, 2.45) is 0 Å². The van der Waals surface area contributed by atoms with E-state index in [1.807, 2.05) is 0 Å². The van der Waals surface area contributed by atoms with Gasteiger partial charge in [-0.05, 0) is 36.0 Å². The molecule has 0 bridgehead atoms. The van der Waals surface area contributed by atoms with E-state index in [0.717, 1.165) is 16.7 Å². The van der Waals surface area contributed by atoms with Crippen LogP contribution in [-0.2, 0) is 11.3 Å².